The normalized spacial score (nSPS) is 11.1. The van der Waals surface area contributed by atoms with E-state index in [1.54, 1.807) is 6.07 Å². The van der Waals surface area contributed by atoms with E-state index in [1.807, 2.05) is 0 Å². The van der Waals surface area contributed by atoms with Gasteiger partial charge in [0.15, 0.2) is 6.29 Å². The van der Waals surface area contributed by atoms with Gasteiger partial charge in [-0.05, 0) is 30.3 Å². The van der Waals surface area contributed by atoms with Crippen molar-refractivity contribution in [3.63, 3.8) is 0 Å². The molecule has 0 unspecified atom stereocenters. The second kappa shape index (κ2) is 5.42. The molecule has 0 atom stereocenters. The average Bonchev–Trinajstić information content (AvgIpc) is 2.47. The van der Waals surface area contributed by atoms with Crippen LogP contribution in [-0.2, 0) is 9.84 Å². The van der Waals surface area contributed by atoms with Gasteiger partial charge in [0.1, 0.15) is 11.6 Å². The number of methoxy groups -OCH3 is 1. The molecule has 2 aromatic rings. The zero-order chi connectivity index (χ0) is 14.8. The third-order valence-electron chi connectivity index (χ3n) is 2.77. The Morgan fingerprint density at radius 1 is 1.15 bits per heavy atom. The van der Waals surface area contributed by atoms with E-state index >= 15 is 0 Å². The first-order valence-electron chi connectivity index (χ1n) is 5.63. The Balaban J connectivity index is 2.67. The number of carbonyl (C=O) groups is 1. The molecule has 0 aliphatic rings. The van der Waals surface area contributed by atoms with Crippen molar-refractivity contribution in [2.24, 2.45) is 0 Å². The first kappa shape index (κ1) is 14.2. The number of hydrogen-bond acceptors (Lipinski definition) is 4. The lowest BCUT2D eigenvalue weighted by molar-refractivity contribution is 0.111. The van der Waals surface area contributed by atoms with Crippen LogP contribution in [0.2, 0.25) is 0 Å². The van der Waals surface area contributed by atoms with Crippen molar-refractivity contribution in [2.75, 3.05) is 7.11 Å². The van der Waals surface area contributed by atoms with Crippen LogP contribution in [0.4, 0.5) is 4.39 Å². The summed E-state index contributed by atoms with van der Waals surface area (Å²) in [6, 6.07) is 9.24. The second-order valence-corrected chi connectivity index (χ2v) is 5.87. The molecule has 0 spiro atoms. The van der Waals surface area contributed by atoms with Gasteiger partial charge in [0.25, 0.3) is 0 Å². The number of hydrogen-bond donors (Lipinski definition) is 0. The van der Waals surface area contributed by atoms with E-state index in [2.05, 4.69) is 0 Å². The minimum absolute atomic E-state index is 0.0643. The Morgan fingerprint density at radius 3 is 2.50 bits per heavy atom. The van der Waals surface area contributed by atoms with Crippen molar-refractivity contribution < 1.29 is 22.3 Å². The molecule has 0 saturated carbocycles. The van der Waals surface area contributed by atoms with Crippen LogP contribution in [0.1, 0.15) is 10.4 Å². The summed E-state index contributed by atoms with van der Waals surface area (Å²) in [6.07, 6.45) is 0.197. The van der Waals surface area contributed by atoms with E-state index in [9.17, 15) is 17.6 Å². The lowest BCUT2D eigenvalue weighted by atomic mass is 10.2. The third-order valence-corrected chi connectivity index (χ3v) is 4.58. The fraction of sp³-hybridized carbons (Fsp3) is 0.0714. The summed E-state index contributed by atoms with van der Waals surface area (Å²) in [5.74, 6) is -0.515. The monoisotopic (exact) mass is 294 g/mol. The van der Waals surface area contributed by atoms with Gasteiger partial charge in [-0.1, -0.05) is 12.1 Å². The van der Waals surface area contributed by atoms with Crippen molar-refractivity contribution in [3.8, 4) is 5.75 Å². The third kappa shape index (κ3) is 2.42. The Morgan fingerprint density at radius 2 is 1.85 bits per heavy atom. The molecule has 0 radical (unpaired) electrons. The fourth-order valence-electron chi connectivity index (χ4n) is 1.76. The van der Waals surface area contributed by atoms with E-state index in [0.717, 1.165) is 6.07 Å². The Hall–Kier alpha value is -2.21. The van der Waals surface area contributed by atoms with Gasteiger partial charge in [0.2, 0.25) is 9.84 Å². The van der Waals surface area contributed by atoms with E-state index < -0.39 is 21.2 Å². The van der Waals surface area contributed by atoms with Crippen LogP contribution in [0.5, 0.6) is 5.75 Å². The van der Waals surface area contributed by atoms with Gasteiger partial charge in [-0.3, -0.25) is 4.79 Å². The largest absolute Gasteiger partial charge is 0.497 e. The van der Waals surface area contributed by atoms with Crippen molar-refractivity contribution in [1.82, 2.24) is 0 Å². The Bertz CT molecular complexity index is 754. The molecule has 2 aromatic carbocycles. The second-order valence-electron chi connectivity index (χ2n) is 3.95. The average molecular weight is 294 g/mol. The highest BCUT2D eigenvalue weighted by Gasteiger charge is 2.23. The van der Waals surface area contributed by atoms with Gasteiger partial charge < -0.3 is 4.74 Å². The zero-order valence-electron chi connectivity index (χ0n) is 10.5. The smallest absolute Gasteiger partial charge is 0.207 e. The van der Waals surface area contributed by atoms with Gasteiger partial charge >= 0.3 is 0 Å². The predicted octanol–water partition coefficient (Wildman–Crippen LogP) is 2.48. The van der Waals surface area contributed by atoms with Gasteiger partial charge in [0, 0.05) is 0 Å². The van der Waals surface area contributed by atoms with Gasteiger partial charge in [-0.2, -0.15) is 0 Å². The molecule has 2 rings (SSSR count). The maximum absolute atomic E-state index is 13.5. The number of benzene rings is 2. The molecular formula is C14H11FO4S. The maximum atomic E-state index is 13.5. The molecule has 0 N–H and O–H groups in total. The van der Waals surface area contributed by atoms with Crippen LogP contribution in [0.25, 0.3) is 0 Å². The van der Waals surface area contributed by atoms with Crippen LogP contribution in [-0.4, -0.2) is 21.8 Å². The highest BCUT2D eigenvalue weighted by molar-refractivity contribution is 7.91. The number of halogens is 1. The van der Waals surface area contributed by atoms with E-state index in [4.69, 9.17) is 4.74 Å². The quantitative estimate of drug-likeness (QED) is 0.813. The van der Waals surface area contributed by atoms with Crippen LogP contribution in [0.15, 0.2) is 52.3 Å². The minimum Gasteiger partial charge on any atom is -0.497 e. The molecule has 20 heavy (non-hydrogen) atoms. The lowest BCUT2D eigenvalue weighted by Crippen LogP contribution is -2.07. The zero-order valence-corrected chi connectivity index (χ0v) is 11.4. The summed E-state index contributed by atoms with van der Waals surface area (Å²) in [5, 5.41) is 0. The molecule has 104 valence electrons. The summed E-state index contributed by atoms with van der Waals surface area (Å²) < 4.78 is 43.4. The molecular weight excluding hydrogens is 283 g/mol. The molecule has 0 bridgehead atoms. The molecule has 0 aliphatic heterocycles. The summed E-state index contributed by atoms with van der Waals surface area (Å²) in [7, 11) is -2.58. The summed E-state index contributed by atoms with van der Waals surface area (Å²) in [6.45, 7) is 0. The Kier molecular flexibility index (Phi) is 3.85. The van der Waals surface area contributed by atoms with E-state index in [-0.39, 0.29) is 16.1 Å². The van der Waals surface area contributed by atoms with Crippen molar-refractivity contribution in [2.45, 2.75) is 9.79 Å². The van der Waals surface area contributed by atoms with E-state index in [1.165, 1.54) is 37.4 Å². The van der Waals surface area contributed by atoms with Crippen molar-refractivity contribution in [1.29, 1.82) is 0 Å². The summed E-state index contributed by atoms with van der Waals surface area (Å²) >= 11 is 0. The molecule has 6 heteroatoms. The molecule has 0 amide bonds. The van der Waals surface area contributed by atoms with Gasteiger partial charge in [-0.25, -0.2) is 12.8 Å². The SMILES string of the molecule is COc1cccc(S(=O)(=O)c2cccc(F)c2C=O)c1. The van der Waals surface area contributed by atoms with Crippen LogP contribution < -0.4 is 4.74 Å². The summed E-state index contributed by atoms with van der Waals surface area (Å²) in [4.78, 5) is 10.5. The van der Waals surface area contributed by atoms with Crippen LogP contribution in [0, 0.1) is 5.82 Å². The van der Waals surface area contributed by atoms with Gasteiger partial charge in [0.05, 0.1) is 22.5 Å². The lowest BCUT2D eigenvalue weighted by Gasteiger charge is -2.08. The van der Waals surface area contributed by atoms with Crippen LogP contribution >= 0.6 is 0 Å². The molecule has 0 aromatic heterocycles. The predicted molar refractivity (Wildman–Crippen MR) is 70.2 cm³/mol. The number of ether oxygens (including phenoxy) is 1. The standard InChI is InChI=1S/C14H11FO4S/c1-19-10-4-2-5-11(8-10)20(17,18)14-7-3-6-13(15)12(14)9-16/h2-9H,1H3. The highest BCUT2D eigenvalue weighted by atomic mass is 32.2. The number of carbonyl (C=O) groups excluding carboxylic acids is 1. The first-order chi connectivity index (χ1) is 9.50. The minimum atomic E-state index is -3.99. The molecule has 0 heterocycles. The molecule has 0 fully saturated rings. The molecule has 4 nitrogen and oxygen atoms in total. The van der Waals surface area contributed by atoms with E-state index in [0.29, 0.717) is 5.75 Å². The number of aldehydes is 1. The first-order valence-corrected chi connectivity index (χ1v) is 7.12. The molecule has 0 saturated heterocycles. The highest BCUT2D eigenvalue weighted by Crippen LogP contribution is 2.27. The summed E-state index contributed by atoms with van der Waals surface area (Å²) in [5.41, 5.74) is -0.477. The molecule has 0 aliphatic carbocycles. The van der Waals surface area contributed by atoms with Gasteiger partial charge in [-0.15, -0.1) is 0 Å². The fourth-order valence-corrected chi connectivity index (χ4v) is 3.24. The number of sulfone groups is 1. The topological polar surface area (TPSA) is 60.4 Å². The van der Waals surface area contributed by atoms with Crippen molar-refractivity contribution in [3.05, 3.63) is 53.8 Å². The number of rotatable bonds is 4. The Labute approximate surface area is 115 Å². The van der Waals surface area contributed by atoms with Crippen LogP contribution in [0.3, 0.4) is 0 Å². The van der Waals surface area contributed by atoms with Crippen molar-refractivity contribution >= 4 is 16.1 Å². The maximum Gasteiger partial charge on any atom is 0.207 e.